The first-order valence-corrected chi connectivity index (χ1v) is 8.43. The molecular weight excluding hydrogens is 300 g/mol. The monoisotopic (exact) mass is 319 g/mol. The molecule has 4 nitrogen and oxygen atoms in total. The summed E-state index contributed by atoms with van der Waals surface area (Å²) in [5, 5.41) is 8.98. The van der Waals surface area contributed by atoms with Crippen molar-refractivity contribution < 1.29 is 22.3 Å². The number of sulfonamides is 1. The lowest BCUT2D eigenvalue weighted by molar-refractivity contribution is 0.267. The fraction of sp³-hybridized carbons (Fsp3) is 0.571. The van der Waals surface area contributed by atoms with Crippen molar-refractivity contribution in [3.05, 3.63) is 29.3 Å². The van der Waals surface area contributed by atoms with E-state index >= 15 is 0 Å². The van der Waals surface area contributed by atoms with Crippen molar-refractivity contribution in [2.75, 3.05) is 13.1 Å². The SMILES string of the molecule is CCCC1CCN(S(=O)(=O)c2ccc(F)c(CO)c2F)C1. The third-order valence-corrected chi connectivity index (χ3v) is 5.75. The van der Waals surface area contributed by atoms with Gasteiger partial charge < -0.3 is 5.11 Å². The van der Waals surface area contributed by atoms with Gasteiger partial charge in [-0.2, -0.15) is 4.31 Å². The van der Waals surface area contributed by atoms with E-state index in [-0.39, 0.29) is 5.92 Å². The highest BCUT2D eigenvalue weighted by molar-refractivity contribution is 7.89. The van der Waals surface area contributed by atoms with Gasteiger partial charge >= 0.3 is 0 Å². The molecule has 1 saturated heterocycles. The van der Waals surface area contributed by atoms with E-state index in [2.05, 4.69) is 0 Å². The molecule has 1 aromatic rings. The summed E-state index contributed by atoms with van der Waals surface area (Å²) in [7, 11) is -3.99. The van der Waals surface area contributed by atoms with Crippen LogP contribution in [0.15, 0.2) is 17.0 Å². The highest BCUT2D eigenvalue weighted by Gasteiger charge is 2.34. The van der Waals surface area contributed by atoms with Crippen LogP contribution in [0.2, 0.25) is 0 Å². The lowest BCUT2D eigenvalue weighted by atomic mass is 10.0. The molecule has 0 saturated carbocycles. The third-order valence-electron chi connectivity index (χ3n) is 3.87. The van der Waals surface area contributed by atoms with Gasteiger partial charge in [0.05, 0.1) is 12.2 Å². The van der Waals surface area contributed by atoms with Crippen LogP contribution >= 0.6 is 0 Å². The average molecular weight is 319 g/mol. The predicted molar refractivity (Wildman–Crippen MR) is 74.1 cm³/mol. The smallest absolute Gasteiger partial charge is 0.246 e. The zero-order valence-corrected chi connectivity index (χ0v) is 12.7. The molecule has 1 atom stereocenters. The molecule has 1 fully saturated rings. The molecule has 0 bridgehead atoms. The van der Waals surface area contributed by atoms with Crippen LogP contribution in [-0.2, 0) is 16.6 Å². The Labute approximate surface area is 123 Å². The first-order valence-electron chi connectivity index (χ1n) is 6.99. The van der Waals surface area contributed by atoms with Gasteiger partial charge in [0, 0.05) is 13.1 Å². The summed E-state index contributed by atoms with van der Waals surface area (Å²) >= 11 is 0. The van der Waals surface area contributed by atoms with Gasteiger partial charge in [-0.3, -0.25) is 0 Å². The van der Waals surface area contributed by atoms with E-state index in [1.54, 1.807) is 0 Å². The Morgan fingerprint density at radius 1 is 1.38 bits per heavy atom. The van der Waals surface area contributed by atoms with E-state index in [1.165, 1.54) is 4.31 Å². The van der Waals surface area contributed by atoms with E-state index < -0.39 is 38.7 Å². The molecule has 1 aliphatic rings. The molecule has 1 heterocycles. The Balaban J connectivity index is 2.33. The second-order valence-corrected chi connectivity index (χ2v) is 7.21. The van der Waals surface area contributed by atoms with E-state index in [1.807, 2.05) is 6.92 Å². The molecule has 2 rings (SSSR count). The van der Waals surface area contributed by atoms with E-state index in [0.29, 0.717) is 13.1 Å². The van der Waals surface area contributed by atoms with Gasteiger partial charge in [0.1, 0.15) is 10.7 Å². The number of hydrogen-bond donors (Lipinski definition) is 1. The lowest BCUT2D eigenvalue weighted by Gasteiger charge is -2.18. The number of aliphatic hydroxyl groups excluding tert-OH is 1. The number of hydrogen-bond acceptors (Lipinski definition) is 3. The molecule has 0 radical (unpaired) electrons. The van der Waals surface area contributed by atoms with E-state index in [4.69, 9.17) is 5.11 Å². The maximum Gasteiger partial charge on any atom is 0.246 e. The van der Waals surface area contributed by atoms with Gasteiger partial charge in [-0.15, -0.1) is 0 Å². The molecule has 7 heteroatoms. The quantitative estimate of drug-likeness (QED) is 0.906. The molecule has 1 aromatic carbocycles. The number of benzene rings is 1. The van der Waals surface area contributed by atoms with Gasteiger partial charge in [0.15, 0.2) is 5.82 Å². The largest absolute Gasteiger partial charge is 0.391 e. The fourth-order valence-electron chi connectivity index (χ4n) is 2.72. The van der Waals surface area contributed by atoms with Crippen molar-refractivity contribution in [3.8, 4) is 0 Å². The molecule has 0 spiro atoms. The van der Waals surface area contributed by atoms with E-state index in [9.17, 15) is 17.2 Å². The molecule has 0 amide bonds. The van der Waals surface area contributed by atoms with Crippen LogP contribution in [0.3, 0.4) is 0 Å². The lowest BCUT2D eigenvalue weighted by Crippen LogP contribution is -2.30. The number of halogens is 2. The normalized spacial score (nSPS) is 20.1. The Bertz CT molecular complexity index is 619. The van der Waals surface area contributed by atoms with Gasteiger partial charge in [-0.1, -0.05) is 13.3 Å². The summed E-state index contributed by atoms with van der Waals surface area (Å²) in [6.07, 6.45) is 2.65. The number of rotatable bonds is 5. The van der Waals surface area contributed by atoms with E-state index in [0.717, 1.165) is 31.4 Å². The van der Waals surface area contributed by atoms with Crippen LogP contribution in [0.1, 0.15) is 31.7 Å². The topological polar surface area (TPSA) is 57.6 Å². The Morgan fingerprint density at radius 3 is 2.71 bits per heavy atom. The van der Waals surface area contributed by atoms with Crippen LogP contribution < -0.4 is 0 Å². The standard InChI is InChI=1S/C14H19F2NO3S/c1-2-3-10-6-7-17(8-10)21(19,20)13-5-4-12(15)11(9-18)14(13)16/h4-5,10,18H,2-3,6-9H2,1H3. The van der Waals surface area contributed by atoms with Crippen LogP contribution in [0.25, 0.3) is 0 Å². The highest BCUT2D eigenvalue weighted by atomic mass is 32.2. The zero-order chi connectivity index (χ0) is 15.6. The Kier molecular flexibility index (Phi) is 4.95. The summed E-state index contributed by atoms with van der Waals surface area (Å²) in [6.45, 7) is 1.86. The second kappa shape index (κ2) is 6.37. The van der Waals surface area contributed by atoms with Crippen LogP contribution in [0, 0.1) is 17.6 Å². The molecule has 1 unspecified atom stereocenters. The highest BCUT2D eigenvalue weighted by Crippen LogP contribution is 2.29. The molecule has 21 heavy (non-hydrogen) atoms. The maximum absolute atomic E-state index is 14.1. The van der Waals surface area contributed by atoms with Crippen molar-refractivity contribution in [2.24, 2.45) is 5.92 Å². The minimum atomic E-state index is -3.99. The van der Waals surface area contributed by atoms with Crippen LogP contribution in [-0.4, -0.2) is 30.9 Å². The summed E-state index contributed by atoms with van der Waals surface area (Å²) in [5.74, 6) is -1.86. The van der Waals surface area contributed by atoms with Gasteiger partial charge in [-0.05, 0) is 30.9 Å². The Morgan fingerprint density at radius 2 is 2.10 bits per heavy atom. The minimum Gasteiger partial charge on any atom is -0.391 e. The zero-order valence-electron chi connectivity index (χ0n) is 11.8. The third kappa shape index (κ3) is 3.09. The van der Waals surface area contributed by atoms with Gasteiger partial charge in [0.25, 0.3) is 0 Å². The van der Waals surface area contributed by atoms with Crippen molar-refractivity contribution in [2.45, 2.75) is 37.7 Å². The predicted octanol–water partition coefficient (Wildman–Crippen LogP) is 2.27. The average Bonchev–Trinajstić information content (AvgIpc) is 2.89. The van der Waals surface area contributed by atoms with Crippen molar-refractivity contribution in [1.82, 2.24) is 4.31 Å². The summed E-state index contributed by atoms with van der Waals surface area (Å²) < 4.78 is 53.6. The van der Waals surface area contributed by atoms with Gasteiger partial charge in [-0.25, -0.2) is 17.2 Å². The molecule has 0 aliphatic carbocycles. The van der Waals surface area contributed by atoms with Crippen LogP contribution in [0.5, 0.6) is 0 Å². The van der Waals surface area contributed by atoms with Gasteiger partial charge in [0.2, 0.25) is 10.0 Å². The van der Waals surface area contributed by atoms with Crippen molar-refractivity contribution >= 4 is 10.0 Å². The molecule has 1 N–H and O–H groups in total. The molecule has 118 valence electrons. The summed E-state index contributed by atoms with van der Waals surface area (Å²) in [6, 6.07) is 1.80. The first-order chi connectivity index (χ1) is 9.91. The number of nitrogens with zero attached hydrogens (tertiary/aromatic N) is 1. The Hall–Kier alpha value is -1.05. The van der Waals surface area contributed by atoms with Crippen LogP contribution in [0.4, 0.5) is 8.78 Å². The minimum absolute atomic E-state index is 0.283. The fourth-order valence-corrected chi connectivity index (χ4v) is 4.34. The molecule has 0 aromatic heterocycles. The number of aliphatic hydroxyl groups is 1. The summed E-state index contributed by atoms with van der Waals surface area (Å²) in [5.41, 5.74) is -0.611. The maximum atomic E-state index is 14.1. The van der Waals surface area contributed by atoms with Crippen molar-refractivity contribution in [3.63, 3.8) is 0 Å². The molecule has 1 aliphatic heterocycles. The molecular formula is C14H19F2NO3S. The first kappa shape index (κ1) is 16.3. The summed E-state index contributed by atoms with van der Waals surface area (Å²) in [4.78, 5) is -0.565. The second-order valence-electron chi connectivity index (χ2n) is 5.30. The van der Waals surface area contributed by atoms with Crippen molar-refractivity contribution in [1.29, 1.82) is 0 Å².